The summed E-state index contributed by atoms with van der Waals surface area (Å²) in [6.45, 7) is 14.9. The SMILES string of the molecule is CCNC(=NCC(C)(C)N1CCOCC1)NCC.I. The third kappa shape index (κ3) is 6.76. The quantitative estimate of drug-likeness (QED) is 0.426. The standard InChI is InChI=1S/C13H28N4O.HI/c1-5-14-12(15-6-2)16-11-13(3,4)17-7-9-18-10-8-17;/h5-11H2,1-4H3,(H2,14,15,16);1H. The average molecular weight is 384 g/mol. The van der Waals surface area contributed by atoms with E-state index < -0.39 is 0 Å². The van der Waals surface area contributed by atoms with Crippen LogP contribution < -0.4 is 10.6 Å². The maximum Gasteiger partial charge on any atom is 0.191 e. The molecule has 0 aromatic carbocycles. The summed E-state index contributed by atoms with van der Waals surface area (Å²) in [5, 5.41) is 6.51. The topological polar surface area (TPSA) is 48.9 Å². The highest BCUT2D eigenvalue weighted by molar-refractivity contribution is 14.0. The van der Waals surface area contributed by atoms with Gasteiger partial charge in [-0.05, 0) is 27.7 Å². The van der Waals surface area contributed by atoms with E-state index in [0.717, 1.165) is 51.9 Å². The lowest BCUT2D eigenvalue weighted by atomic mass is 10.0. The Morgan fingerprint density at radius 1 is 1.16 bits per heavy atom. The smallest absolute Gasteiger partial charge is 0.191 e. The minimum atomic E-state index is 0. The Labute approximate surface area is 134 Å². The molecule has 1 aliphatic rings. The monoisotopic (exact) mass is 384 g/mol. The van der Waals surface area contributed by atoms with E-state index in [9.17, 15) is 0 Å². The van der Waals surface area contributed by atoms with Gasteiger partial charge in [0, 0.05) is 31.7 Å². The molecule has 114 valence electrons. The number of halogens is 1. The largest absolute Gasteiger partial charge is 0.379 e. The van der Waals surface area contributed by atoms with Gasteiger partial charge in [0.2, 0.25) is 0 Å². The number of ether oxygens (including phenoxy) is 1. The molecule has 0 aromatic rings. The fraction of sp³-hybridized carbons (Fsp3) is 0.923. The van der Waals surface area contributed by atoms with Gasteiger partial charge < -0.3 is 15.4 Å². The Balaban J connectivity index is 0.00000324. The van der Waals surface area contributed by atoms with Crippen LogP contribution >= 0.6 is 24.0 Å². The minimum absolute atomic E-state index is 0. The number of hydrogen-bond acceptors (Lipinski definition) is 3. The number of nitrogens with one attached hydrogen (secondary N) is 2. The molecular weight excluding hydrogens is 355 g/mol. The van der Waals surface area contributed by atoms with E-state index in [2.05, 4.69) is 48.2 Å². The summed E-state index contributed by atoms with van der Waals surface area (Å²) >= 11 is 0. The van der Waals surface area contributed by atoms with Crippen molar-refractivity contribution in [2.45, 2.75) is 33.2 Å². The molecule has 5 nitrogen and oxygen atoms in total. The first kappa shape index (κ1) is 18.9. The molecule has 6 heteroatoms. The first-order chi connectivity index (χ1) is 8.60. The zero-order chi connectivity index (χ0) is 13.4. The van der Waals surface area contributed by atoms with Crippen molar-refractivity contribution in [3.05, 3.63) is 0 Å². The maximum atomic E-state index is 5.40. The van der Waals surface area contributed by atoms with Crippen LogP contribution in [0.3, 0.4) is 0 Å². The molecule has 1 saturated heterocycles. The molecule has 1 heterocycles. The van der Waals surface area contributed by atoms with E-state index in [4.69, 9.17) is 4.74 Å². The van der Waals surface area contributed by atoms with E-state index >= 15 is 0 Å². The molecule has 0 spiro atoms. The van der Waals surface area contributed by atoms with Gasteiger partial charge in [-0.2, -0.15) is 0 Å². The van der Waals surface area contributed by atoms with E-state index in [-0.39, 0.29) is 29.5 Å². The van der Waals surface area contributed by atoms with Crippen LogP contribution in [0.5, 0.6) is 0 Å². The molecule has 1 aliphatic heterocycles. The van der Waals surface area contributed by atoms with Gasteiger partial charge in [0.1, 0.15) is 0 Å². The molecule has 0 radical (unpaired) electrons. The number of guanidine groups is 1. The Morgan fingerprint density at radius 2 is 1.68 bits per heavy atom. The third-order valence-electron chi connectivity index (χ3n) is 3.18. The fourth-order valence-corrected chi connectivity index (χ4v) is 2.05. The summed E-state index contributed by atoms with van der Waals surface area (Å²) in [5.41, 5.74) is 0.0832. The molecule has 0 amide bonds. The van der Waals surface area contributed by atoms with Crippen molar-refractivity contribution in [2.24, 2.45) is 4.99 Å². The van der Waals surface area contributed by atoms with Crippen molar-refractivity contribution in [1.29, 1.82) is 0 Å². The third-order valence-corrected chi connectivity index (χ3v) is 3.18. The lowest BCUT2D eigenvalue weighted by molar-refractivity contribution is -0.00683. The van der Waals surface area contributed by atoms with Crippen molar-refractivity contribution >= 4 is 29.9 Å². The van der Waals surface area contributed by atoms with E-state index in [0.29, 0.717) is 0 Å². The Bertz CT molecular complexity index is 257. The van der Waals surface area contributed by atoms with Crippen molar-refractivity contribution < 1.29 is 4.74 Å². The van der Waals surface area contributed by atoms with Crippen LogP contribution in [-0.4, -0.2) is 62.3 Å². The van der Waals surface area contributed by atoms with Crippen LogP contribution in [0.4, 0.5) is 0 Å². The summed E-state index contributed by atoms with van der Waals surface area (Å²) in [6.07, 6.45) is 0. The summed E-state index contributed by atoms with van der Waals surface area (Å²) < 4.78 is 5.40. The highest BCUT2D eigenvalue weighted by atomic mass is 127. The number of hydrogen-bond donors (Lipinski definition) is 2. The van der Waals surface area contributed by atoms with E-state index in [1.54, 1.807) is 0 Å². The summed E-state index contributed by atoms with van der Waals surface area (Å²) in [4.78, 5) is 7.12. The number of nitrogens with zero attached hydrogens (tertiary/aromatic N) is 2. The van der Waals surface area contributed by atoms with Gasteiger partial charge in [-0.1, -0.05) is 0 Å². The van der Waals surface area contributed by atoms with Gasteiger partial charge in [-0.3, -0.25) is 9.89 Å². The Kier molecular flexibility index (Phi) is 9.72. The summed E-state index contributed by atoms with van der Waals surface area (Å²) in [6, 6.07) is 0. The van der Waals surface area contributed by atoms with E-state index in [1.807, 2.05) is 0 Å². The van der Waals surface area contributed by atoms with Crippen LogP contribution in [0.2, 0.25) is 0 Å². The van der Waals surface area contributed by atoms with Crippen molar-refractivity contribution in [3.63, 3.8) is 0 Å². The maximum absolute atomic E-state index is 5.40. The number of rotatable bonds is 5. The van der Waals surface area contributed by atoms with Crippen LogP contribution in [0.15, 0.2) is 4.99 Å². The van der Waals surface area contributed by atoms with Crippen LogP contribution in [0.25, 0.3) is 0 Å². The van der Waals surface area contributed by atoms with Crippen LogP contribution in [0.1, 0.15) is 27.7 Å². The second-order valence-corrected chi connectivity index (χ2v) is 5.14. The molecule has 0 saturated carbocycles. The van der Waals surface area contributed by atoms with Gasteiger partial charge in [-0.15, -0.1) is 24.0 Å². The second-order valence-electron chi connectivity index (χ2n) is 5.14. The number of aliphatic imine (C=N–C) groups is 1. The molecule has 0 aromatic heterocycles. The highest BCUT2D eigenvalue weighted by Gasteiger charge is 2.27. The molecule has 0 aliphatic carbocycles. The summed E-state index contributed by atoms with van der Waals surface area (Å²) in [7, 11) is 0. The predicted molar refractivity (Wildman–Crippen MR) is 91.5 cm³/mol. The zero-order valence-corrected chi connectivity index (χ0v) is 15.0. The Hall–Kier alpha value is -0.0800. The van der Waals surface area contributed by atoms with Crippen molar-refractivity contribution in [3.8, 4) is 0 Å². The predicted octanol–water partition coefficient (Wildman–Crippen LogP) is 1.29. The molecule has 1 rings (SSSR count). The normalized spacial score (nSPS) is 16.4. The Morgan fingerprint density at radius 3 is 2.16 bits per heavy atom. The van der Waals surface area contributed by atoms with Gasteiger partial charge in [0.15, 0.2) is 5.96 Å². The van der Waals surface area contributed by atoms with Crippen LogP contribution in [0, 0.1) is 0 Å². The highest BCUT2D eigenvalue weighted by Crippen LogP contribution is 2.16. The van der Waals surface area contributed by atoms with Gasteiger partial charge in [0.05, 0.1) is 19.8 Å². The first-order valence-corrected chi connectivity index (χ1v) is 6.95. The molecule has 0 bridgehead atoms. The van der Waals surface area contributed by atoms with Crippen LogP contribution in [-0.2, 0) is 4.74 Å². The summed E-state index contributed by atoms with van der Waals surface area (Å²) in [5.74, 6) is 0.904. The fourth-order valence-electron chi connectivity index (χ4n) is 2.05. The molecule has 19 heavy (non-hydrogen) atoms. The second kappa shape index (κ2) is 9.77. The van der Waals surface area contributed by atoms with Crippen molar-refractivity contribution in [1.82, 2.24) is 15.5 Å². The molecular formula is C13H29IN4O. The van der Waals surface area contributed by atoms with Gasteiger partial charge >= 0.3 is 0 Å². The van der Waals surface area contributed by atoms with Gasteiger partial charge in [0.25, 0.3) is 0 Å². The lowest BCUT2D eigenvalue weighted by Crippen LogP contribution is -2.52. The first-order valence-electron chi connectivity index (χ1n) is 6.95. The zero-order valence-electron chi connectivity index (χ0n) is 12.7. The minimum Gasteiger partial charge on any atom is -0.379 e. The molecule has 2 N–H and O–H groups in total. The molecule has 0 unspecified atom stereocenters. The molecule has 0 atom stereocenters. The van der Waals surface area contributed by atoms with E-state index in [1.165, 1.54) is 0 Å². The van der Waals surface area contributed by atoms with Crippen molar-refractivity contribution in [2.75, 3.05) is 45.9 Å². The lowest BCUT2D eigenvalue weighted by Gasteiger charge is -2.39. The van der Waals surface area contributed by atoms with Gasteiger partial charge in [-0.25, -0.2) is 0 Å². The number of morpholine rings is 1. The average Bonchev–Trinajstić information content (AvgIpc) is 2.38. The molecule has 1 fully saturated rings.